The molecule has 1 fully saturated rings. The highest BCUT2D eigenvalue weighted by Gasteiger charge is 2.36. The maximum Gasteiger partial charge on any atom is 0.184 e. The number of piperazine rings is 1. The summed E-state index contributed by atoms with van der Waals surface area (Å²) in [5.74, 6) is 1.72. The number of aliphatic hydroxyl groups excluding tert-OH is 1. The molecule has 3 aliphatic rings. The molecule has 2 aromatic carbocycles. The molecule has 5 nitrogen and oxygen atoms in total. The van der Waals surface area contributed by atoms with Gasteiger partial charge in [0.2, 0.25) is 0 Å². The van der Waals surface area contributed by atoms with E-state index in [-0.39, 0.29) is 12.1 Å². The van der Waals surface area contributed by atoms with Gasteiger partial charge in [0.25, 0.3) is 0 Å². The highest BCUT2D eigenvalue weighted by atomic mass is 16.6. The van der Waals surface area contributed by atoms with Gasteiger partial charge in [-0.25, -0.2) is 0 Å². The van der Waals surface area contributed by atoms with Gasteiger partial charge in [0.15, 0.2) is 11.5 Å². The van der Waals surface area contributed by atoms with E-state index in [1.165, 1.54) is 5.56 Å². The lowest BCUT2D eigenvalue weighted by molar-refractivity contribution is 0.0571. The second kappa shape index (κ2) is 6.49. The lowest BCUT2D eigenvalue weighted by Gasteiger charge is -2.40. The molecule has 0 bridgehead atoms. The number of hydrogen-bond acceptors (Lipinski definition) is 5. The van der Waals surface area contributed by atoms with Crippen LogP contribution >= 0.6 is 0 Å². The van der Waals surface area contributed by atoms with Crippen molar-refractivity contribution < 1.29 is 14.6 Å². The number of rotatable bonds is 2. The van der Waals surface area contributed by atoms with E-state index in [1.54, 1.807) is 0 Å². The van der Waals surface area contributed by atoms with Crippen molar-refractivity contribution in [3.8, 4) is 11.5 Å². The SMILES string of the molecule is O[C@@H]1c2ccccc2C[C@H]1N1CCN(c2cccc3c2OCCO3)CC1. The molecule has 5 rings (SSSR count). The monoisotopic (exact) mass is 352 g/mol. The zero-order chi connectivity index (χ0) is 17.5. The van der Waals surface area contributed by atoms with Crippen LogP contribution in [0.1, 0.15) is 17.2 Å². The quantitative estimate of drug-likeness (QED) is 0.898. The number of para-hydroxylation sites is 1. The molecule has 26 heavy (non-hydrogen) atoms. The summed E-state index contributed by atoms with van der Waals surface area (Å²) >= 11 is 0. The number of nitrogens with zero attached hydrogens (tertiary/aromatic N) is 2. The summed E-state index contributed by atoms with van der Waals surface area (Å²) in [4.78, 5) is 4.81. The highest BCUT2D eigenvalue weighted by Crippen LogP contribution is 2.40. The number of fused-ring (bicyclic) bond motifs is 2. The molecule has 0 radical (unpaired) electrons. The lowest BCUT2D eigenvalue weighted by atomic mass is 10.1. The molecule has 136 valence electrons. The third kappa shape index (κ3) is 2.63. The Kier molecular flexibility index (Phi) is 3.98. The minimum atomic E-state index is -0.376. The Morgan fingerprint density at radius 1 is 0.885 bits per heavy atom. The molecule has 1 aliphatic carbocycles. The van der Waals surface area contributed by atoms with Gasteiger partial charge >= 0.3 is 0 Å². The lowest BCUT2D eigenvalue weighted by Crippen LogP contribution is -2.51. The summed E-state index contributed by atoms with van der Waals surface area (Å²) in [5.41, 5.74) is 3.51. The van der Waals surface area contributed by atoms with Gasteiger partial charge in [0, 0.05) is 32.2 Å². The zero-order valence-corrected chi connectivity index (χ0v) is 14.8. The molecule has 0 spiro atoms. The van der Waals surface area contributed by atoms with Crippen LogP contribution in [0.5, 0.6) is 11.5 Å². The fraction of sp³-hybridized carbons (Fsp3) is 0.429. The summed E-state index contributed by atoms with van der Waals surface area (Å²) in [6.45, 7) is 4.97. The van der Waals surface area contributed by atoms with E-state index in [2.05, 4.69) is 34.1 Å². The van der Waals surface area contributed by atoms with E-state index in [0.29, 0.717) is 13.2 Å². The van der Waals surface area contributed by atoms with E-state index in [1.807, 2.05) is 18.2 Å². The molecule has 2 atom stereocenters. The van der Waals surface area contributed by atoms with Crippen molar-refractivity contribution in [3.63, 3.8) is 0 Å². The van der Waals surface area contributed by atoms with Crippen LogP contribution in [0.15, 0.2) is 42.5 Å². The smallest absolute Gasteiger partial charge is 0.184 e. The number of anilines is 1. The van der Waals surface area contributed by atoms with Gasteiger partial charge in [-0.05, 0) is 29.7 Å². The van der Waals surface area contributed by atoms with E-state index in [0.717, 1.165) is 55.3 Å². The molecule has 0 unspecified atom stereocenters. The van der Waals surface area contributed by atoms with Crippen LogP contribution < -0.4 is 14.4 Å². The fourth-order valence-corrected chi connectivity index (χ4v) is 4.48. The molecule has 0 saturated carbocycles. The van der Waals surface area contributed by atoms with Crippen LogP contribution in [-0.4, -0.2) is 55.4 Å². The molecule has 1 saturated heterocycles. The first kappa shape index (κ1) is 16.0. The van der Waals surface area contributed by atoms with Crippen LogP contribution in [0, 0.1) is 0 Å². The van der Waals surface area contributed by atoms with Gasteiger partial charge in [0.05, 0.1) is 11.8 Å². The number of benzene rings is 2. The number of ether oxygens (including phenoxy) is 2. The standard InChI is InChI=1S/C21H24N2O3/c24-20-16-5-2-1-4-15(16)14-18(20)23-10-8-22(9-11-23)17-6-3-7-19-21(17)26-13-12-25-19/h1-7,18,20,24H,8-14H2/t18-,20-/m1/s1. The maximum atomic E-state index is 10.7. The van der Waals surface area contributed by atoms with Crippen molar-refractivity contribution in [2.75, 3.05) is 44.3 Å². The first-order valence-corrected chi connectivity index (χ1v) is 9.45. The fourth-order valence-electron chi connectivity index (χ4n) is 4.48. The van der Waals surface area contributed by atoms with Crippen LogP contribution in [0.3, 0.4) is 0 Å². The third-order valence-electron chi connectivity index (χ3n) is 5.84. The average Bonchev–Trinajstić information content (AvgIpc) is 3.05. The van der Waals surface area contributed by atoms with Gasteiger partial charge < -0.3 is 19.5 Å². The molecule has 2 heterocycles. The first-order chi connectivity index (χ1) is 12.8. The first-order valence-electron chi connectivity index (χ1n) is 9.45. The Labute approximate surface area is 153 Å². The Bertz CT molecular complexity index is 802. The van der Waals surface area contributed by atoms with E-state index < -0.39 is 0 Å². The van der Waals surface area contributed by atoms with Gasteiger partial charge in [-0.15, -0.1) is 0 Å². The van der Waals surface area contributed by atoms with Crippen molar-refractivity contribution in [1.29, 1.82) is 0 Å². The molecular formula is C21H24N2O3. The summed E-state index contributed by atoms with van der Waals surface area (Å²) in [6, 6.07) is 14.6. The van der Waals surface area contributed by atoms with Crippen LogP contribution in [0.4, 0.5) is 5.69 Å². The van der Waals surface area contributed by atoms with E-state index >= 15 is 0 Å². The Hall–Kier alpha value is -2.24. The van der Waals surface area contributed by atoms with Crippen LogP contribution in [-0.2, 0) is 6.42 Å². The summed E-state index contributed by atoms with van der Waals surface area (Å²) in [7, 11) is 0. The molecule has 5 heteroatoms. The summed E-state index contributed by atoms with van der Waals surface area (Å²) in [6.07, 6.45) is 0.564. The van der Waals surface area contributed by atoms with Gasteiger partial charge in [0.1, 0.15) is 13.2 Å². The summed E-state index contributed by atoms with van der Waals surface area (Å²) in [5, 5.41) is 10.7. The Morgan fingerprint density at radius 2 is 1.69 bits per heavy atom. The molecule has 2 aromatic rings. The van der Waals surface area contributed by atoms with Crippen molar-refractivity contribution in [2.24, 2.45) is 0 Å². The topological polar surface area (TPSA) is 45.2 Å². The predicted molar refractivity (Wildman–Crippen MR) is 100 cm³/mol. The Morgan fingerprint density at radius 3 is 2.54 bits per heavy atom. The van der Waals surface area contributed by atoms with E-state index in [4.69, 9.17) is 9.47 Å². The second-order valence-electron chi connectivity index (χ2n) is 7.24. The summed E-state index contributed by atoms with van der Waals surface area (Å²) < 4.78 is 11.6. The van der Waals surface area contributed by atoms with Crippen molar-refractivity contribution in [3.05, 3.63) is 53.6 Å². The van der Waals surface area contributed by atoms with Crippen molar-refractivity contribution >= 4 is 5.69 Å². The number of aliphatic hydroxyl groups is 1. The number of hydrogen-bond donors (Lipinski definition) is 1. The predicted octanol–water partition coefficient (Wildman–Crippen LogP) is 2.24. The minimum Gasteiger partial charge on any atom is -0.486 e. The third-order valence-corrected chi connectivity index (χ3v) is 5.84. The maximum absolute atomic E-state index is 10.7. The van der Waals surface area contributed by atoms with Crippen molar-refractivity contribution in [1.82, 2.24) is 4.90 Å². The second-order valence-corrected chi connectivity index (χ2v) is 7.24. The molecule has 0 aromatic heterocycles. The van der Waals surface area contributed by atoms with Crippen LogP contribution in [0.25, 0.3) is 0 Å². The minimum absolute atomic E-state index is 0.193. The highest BCUT2D eigenvalue weighted by molar-refractivity contribution is 5.65. The van der Waals surface area contributed by atoms with Gasteiger partial charge in [-0.2, -0.15) is 0 Å². The normalized spacial score (nSPS) is 25.2. The van der Waals surface area contributed by atoms with Crippen LogP contribution in [0.2, 0.25) is 0 Å². The molecule has 1 N–H and O–H groups in total. The average molecular weight is 352 g/mol. The van der Waals surface area contributed by atoms with Gasteiger partial charge in [-0.1, -0.05) is 30.3 Å². The van der Waals surface area contributed by atoms with E-state index in [9.17, 15) is 5.11 Å². The van der Waals surface area contributed by atoms with Crippen molar-refractivity contribution in [2.45, 2.75) is 18.6 Å². The Balaban J connectivity index is 1.29. The molecule has 2 aliphatic heterocycles. The molecule has 0 amide bonds. The van der Waals surface area contributed by atoms with Gasteiger partial charge in [-0.3, -0.25) is 4.90 Å². The largest absolute Gasteiger partial charge is 0.486 e. The molecular weight excluding hydrogens is 328 g/mol. The zero-order valence-electron chi connectivity index (χ0n) is 14.8.